The van der Waals surface area contributed by atoms with Gasteiger partial charge in [0.25, 0.3) is 6.29 Å². The van der Waals surface area contributed by atoms with Crippen molar-refractivity contribution >= 4 is 5.95 Å². The van der Waals surface area contributed by atoms with E-state index < -0.39 is 6.29 Å². The van der Waals surface area contributed by atoms with Gasteiger partial charge < -0.3 is 25.1 Å². The molecule has 2 aromatic heterocycles. The molecule has 2 aliphatic heterocycles. The summed E-state index contributed by atoms with van der Waals surface area (Å²) in [7, 11) is 0. The average molecular weight is 422 g/mol. The maximum absolute atomic E-state index is 13.5. The number of nitrogens with one attached hydrogen (secondary N) is 3. The number of benzene rings is 1. The number of hydrogen-bond donors (Lipinski definition) is 3. The van der Waals surface area contributed by atoms with Crippen LogP contribution < -0.4 is 10.6 Å². The van der Waals surface area contributed by atoms with Crippen molar-refractivity contribution in [2.75, 3.05) is 25.0 Å². The highest BCUT2D eigenvalue weighted by molar-refractivity contribution is 5.77. The van der Waals surface area contributed by atoms with Crippen LogP contribution in [0.2, 0.25) is 0 Å². The molecule has 31 heavy (non-hydrogen) atoms. The summed E-state index contributed by atoms with van der Waals surface area (Å²) in [5.41, 5.74) is 2.77. The van der Waals surface area contributed by atoms with Crippen LogP contribution in [-0.4, -0.2) is 45.7 Å². The van der Waals surface area contributed by atoms with Gasteiger partial charge in [0.15, 0.2) is 5.82 Å². The Bertz CT molecular complexity index is 1060. The molecule has 0 spiro atoms. The molecule has 160 valence electrons. The quantitative estimate of drug-likeness (QED) is 0.580. The van der Waals surface area contributed by atoms with Gasteiger partial charge in [0.1, 0.15) is 5.82 Å². The van der Waals surface area contributed by atoms with Crippen LogP contribution in [0.15, 0.2) is 48.9 Å². The minimum Gasteiger partial charge on any atom is -0.465 e. The van der Waals surface area contributed by atoms with Gasteiger partial charge in [0.05, 0.1) is 30.0 Å². The molecular formula is C22H23FN6O2. The Balaban J connectivity index is 1.51. The molecule has 1 atom stereocenters. The monoisotopic (exact) mass is 422 g/mol. The van der Waals surface area contributed by atoms with Gasteiger partial charge in [-0.3, -0.25) is 0 Å². The van der Waals surface area contributed by atoms with Crippen LogP contribution in [0.5, 0.6) is 0 Å². The van der Waals surface area contributed by atoms with Crippen molar-refractivity contribution < 1.29 is 13.9 Å². The van der Waals surface area contributed by atoms with Crippen LogP contribution in [0.3, 0.4) is 0 Å². The molecule has 0 aliphatic carbocycles. The van der Waals surface area contributed by atoms with Gasteiger partial charge in [-0.1, -0.05) is 0 Å². The molecule has 8 nitrogen and oxygen atoms in total. The molecule has 0 bridgehead atoms. The highest BCUT2D eigenvalue weighted by Gasteiger charge is 2.24. The summed E-state index contributed by atoms with van der Waals surface area (Å²) in [6.45, 7) is 2.39. The van der Waals surface area contributed by atoms with Crippen LogP contribution in [0.4, 0.5) is 10.3 Å². The SMILES string of the molecule is Fc1ccc(-c2nc(C3OC=CCO3)[nH]c2-c2ccnc(NC3CCNCC3)n2)cc1. The van der Waals surface area contributed by atoms with Crippen molar-refractivity contribution in [3.05, 3.63) is 60.5 Å². The Morgan fingerprint density at radius 3 is 2.68 bits per heavy atom. The second-order valence-electron chi connectivity index (χ2n) is 7.46. The van der Waals surface area contributed by atoms with Gasteiger partial charge >= 0.3 is 0 Å². The zero-order valence-electron chi connectivity index (χ0n) is 16.8. The summed E-state index contributed by atoms with van der Waals surface area (Å²) in [5, 5.41) is 6.78. The molecule has 0 radical (unpaired) electrons. The molecule has 3 aromatic rings. The number of piperidine rings is 1. The fourth-order valence-corrected chi connectivity index (χ4v) is 3.71. The maximum atomic E-state index is 13.5. The second-order valence-corrected chi connectivity index (χ2v) is 7.46. The molecule has 1 aromatic carbocycles. The Kier molecular flexibility index (Phi) is 5.59. The first kappa shape index (κ1) is 19.7. The van der Waals surface area contributed by atoms with Gasteiger partial charge in [-0.05, 0) is 62.3 Å². The summed E-state index contributed by atoms with van der Waals surface area (Å²) < 4.78 is 24.7. The van der Waals surface area contributed by atoms with Gasteiger partial charge in [-0.2, -0.15) is 0 Å². The summed E-state index contributed by atoms with van der Waals surface area (Å²) in [6.07, 6.45) is 6.49. The van der Waals surface area contributed by atoms with E-state index in [0.29, 0.717) is 41.5 Å². The topological polar surface area (TPSA) is 97.0 Å². The third kappa shape index (κ3) is 4.42. The predicted molar refractivity (Wildman–Crippen MR) is 113 cm³/mol. The lowest BCUT2D eigenvalue weighted by atomic mass is 10.1. The fraction of sp³-hybridized carbons (Fsp3) is 0.318. The third-order valence-corrected chi connectivity index (χ3v) is 5.29. The van der Waals surface area contributed by atoms with Gasteiger partial charge in [-0.15, -0.1) is 0 Å². The van der Waals surface area contributed by atoms with Crippen molar-refractivity contribution in [2.45, 2.75) is 25.2 Å². The standard InChI is InChI=1S/C22H23FN6O2/c23-15-4-2-14(3-5-15)18-19(29-20(28-18)21-30-12-1-13-31-21)17-8-11-25-22(27-17)26-16-6-9-24-10-7-16/h1-5,8,11-12,16,21,24H,6-7,9-10,13H2,(H,28,29)(H,25,26,27). The molecule has 5 rings (SSSR count). The predicted octanol–water partition coefficient (Wildman–Crippen LogP) is 3.40. The van der Waals surface area contributed by atoms with E-state index in [-0.39, 0.29) is 5.82 Å². The molecule has 1 unspecified atom stereocenters. The zero-order valence-corrected chi connectivity index (χ0v) is 16.8. The smallest absolute Gasteiger partial charge is 0.258 e. The molecule has 3 N–H and O–H groups in total. The number of H-pyrrole nitrogens is 1. The average Bonchev–Trinajstić information content (AvgIpc) is 3.27. The van der Waals surface area contributed by atoms with Crippen LogP contribution in [0.25, 0.3) is 22.6 Å². The Morgan fingerprint density at radius 1 is 1.06 bits per heavy atom. The number of aromatic nitrogens is 4. The van der Waals surface area contributed by atoms with E-state index in [0.717, 1.165) is 31.5 Å². The number of hydrogen-bond acceptors (Lipinski definition) is 7. The van der Waals surface area contributed by atoms with Crippen LogP contribution in [0.1, 0.15) is 25.0 Å². The second kappa shape index (κ2) is 8.83. The molecular weight excluding hydrogens is 399 g/mol. The number of nitrogens with zero attached hydrogens (tertiary/aromatic N) is 3. The lowest BCUT2D eigenvalue weighted by Crippen LogP contribution is -2.35. The number of imidazole rings is 1. The molecule has 2 aliphatic rings. The first-order chi connectivity index (χ1) is 15.3. The van der Waals surface area contributed by atoms with E-state index in [1.165, 1.54) is 12.1 Å². The van der Waals surface area contributed by atoms with E-state index in [2.05, 4.69) is 20.6 Å². The van der Waals surface area contributed by atoms with Gasteiger partial charge in [0.2, 0.25) is 5.95 Å². The summed E-state index contributed by atoms with van der Waals surface area (Å²) in [6, 6.07) is 8.36. The van der Waals surface area contributed by atoms with Crippen molar-refractivity contribution in [1.82, 2.24) is 25.3 Å². The molecule has 0 saturated carbocycles. The largest absolute Gasteiger partial charge is 0.465 e. The fourth-order valence-electron chi connectivity index (χ4n) is 3.71. The maximum Gasteiger partial charge on any atom is 0.258 e. The normalized spacial score (nSPS) is 19.2. The lowest BCUT2D eigenvalue weighted by Gasteiger charge is -2.23. The Morgan fingerprint density at radius 2 is 1.90 bits per heavy atom. The van der Waals surface area contributed by atoms with E-state index in [1.54, 1.807) is 30.7 Å². The number of halogens is 1. The third-order valence-electron chi connectivity index (χ3n) is 5.29. The molecule has 9 heteroatoms. The van der Waals surface area contributed by atoms with Crippen LogP contribution >= 0.6 is 0 Å². The molecule has 1 fully saturated rings. The number of rotatable bonds is 5. The van der Waals surface area contributed by atoms with Gasteiger partial charge in [0, 0.05) is 17.8 Å². The molecule has 1 saturated heterocycles. The zero-order chi connectivity index (χ0) is 21.0. The highest BCUT2D eigenvalue weighted by atomic mass is 19.1. The van der Waals surface area contributed by atoms with Crippen molar-refractivity contribution in [2.24, 2.45) is 0 Å². The number of anilines is 1. The van der Waals surface area contributed by atoms with Gasteiger partial charge in [-0.25, -0.2) is 19.3 Å². The van der Waals surface area contributed by atoms with Crippen molar-refractivity contribution in [1.29, 1.82) is 0 Å². The molecule has 4 heterocycles. The first-order valence-corrected chi connectivity index (χ1v) is 10.3. The van der Waals surface area contributed by atoms with Crippen molar-refractivity contribution in [3.63, 3.8) is 0 Å². The number of aromatic amines is 1. The minimum atomic E-state index is -0.646. The van der Waals surface area contributed by atoms with Crippen LogP contribution in [-0.2, 0) is 9.47 Å². The first-order valence-electron chi connectivity index (χ1n) is 10.3. The van der Waals surface area contributed by atoms with E-state index in [4.69, 9.17) is 19.4 Å². The number of ether oxygens (including phenoxy) is 2. The van der Waals surface area contributed by atoms with Crippen LogP contribution in [0, 0.1) is 5.82 Å². The minimum absolute atomic E-state index is 0.305. The lowest BCUT2D eigenvalue weighted by molar-refractivity contribution is -0.119. The van der Waals surface area contributed by atoms with E-state index >= 15 is 0 Å². The summed E-state index contributed by atoms with van der Waals surface area (Å²) in [5.74, 6) is 0.782. The van der Waals surface area contributed by atoms with Crippen molar-refractivity contribution in [3.8, 4) is 22.6 Å². The Labute approximate surface area is 178 Å². The highest BCUT2D eigenvalue weighted by Crippen LogP contribution is 2.32. The van der Waals surface area contributed by atoms with E-state index in [9.17, 15) is 4.39 Å². The molecule has 0 amide bonds. The summed E-state index contributed by atoms with van der Waals surface area (Å²) in [4.78, 5) is 17.1. The Hall–Kier alpha value is -3.30. The van der Waals surface area contributed by atoms with E-state index in [1.807, 2.05) is 6.07 Å². The summed E-state index contributed by atoms with van der Waals surface area (Å²) >= 11 is 0.